The lowest BCUT2D eigenvalue weighted by molar-refractivity contribution is -0.142. The van der Waals surface area contributed by atoms with Gasteiger partial charge in [-0.2, -0.15) is 8.78 Å². The van der Waals surface area contributed by atoms with Crippen molar-refractivity contribution in [1.82, 2.24) is 0 Å². The van der Waals surface area contributed by atoms with E-state index in [2.05, 4.69) is 15.7 Å². The van der Waals surface area contributed by atoms with Crippen molar-refractivity contribution < 1.29 is 27.8 Å². The molecule has 1 atom stereocenters. The van der Waals surface area contributed by atoms with Crippen LogP contribution in [0.25, 0.3) is 0 Å². The number of aliphatic hydroxyl groups is 1. The Morgan fingerprint density at radius 2 is 2.35 bits per heavy atom. The first-order valence-electron chi connectivity index (χ1n) is 4.76. The van der Waals surface area contributed by atoms with E-state index in [1.54, 1.807) is 0 Å². The quantitative estimate of drug-likeness (QED) is 0.638. The maximum absolute atomic E-state index is 13.6. The highest BCUT2D eigenvalue weighted by molar-refractivity contribution is 5.66. The molecule has 17 heavy (non-hydrogen) atoms. The number of halogens is 2. The summed E-state index contributed by atoms with van der Waals surface area (Å²) >= 11 is 0. The summed E-state index contributed by atoms with van der Waals surface area (Å²) in [5.74, 6) is -4.61. The molecule has 1 rings (SSSR count). The number of rotatable bonds is 5. The van der Waals surface area contributed by atoms with Gasteiger partial charge >= 0.3 is 11.9 Å². The molecule has 0 aliphatic heterocycles. The van der Waals surface area contributed by atoms with Crippen LogP contribution in [0.3, 0.4) is 0 Å². The average Bonchev–Trinajstić information content (AvgIpc) is 2.77. The van der Waals surface area contributed by atoms with Crippen LogP contribution in [0.5, 0.6) is 0 Å². The second-order valence-electron chi connectivity index (χ2n) is 3.42. The van der Waals surface area contributed by atoms with Crippen LogP contribution in [0.4, 0.5) is 8.78 Å². The number of furan rings is 1. The lowest BCUT2D eigenvalue weighted by atomic mass is 10.0. The summed E-state index contributed by atoms with van der Waals surface area (Å²) < 4.78 is 36.3. The Kier molecular flexibility index (Phi) is 4.01. The van der Waals surface area contributed by atoms with E-state index in [-0.39, 0.29) is 5.76 Å². The first kappa shape index (κ1) is 13.4. The van der Waals surface area contributed by atoms with Crippen molar-refractivity contribution in [1.29, 1.82) is 0 Å². The highest BCUT2D eigenvalue weighted by Gasteiger charge is 2.44. The standard InChI is InChI=1S/C11H12F2O4/c1-7(6-17-8(2)14)11(12,13)10(15)9-4-3-5-16-9/h3-5,10,15H,1,6H2,2H3. The van der Waals surface area contributed by atoms with E-state index < -0.39 is 30.2 Å². The van der Waals surface area contributed by atoms with Crippen LogP contribution in [0.1, 0.15) is 18.8 Å². The van der Waals surface area contributed by atoms with Gasteiger partial charge in [-0.15, -0.1) is 0 Å². The predicted octanol–water partition coefficient (Wildman–Crippen LogP) is 2.07. The summed E-state index contributed by atoms with van der Waals surface area (Å²) in [5.41, 5.74) is -0.698. The summed E-state index contributed by atoms with van der Waals surface area (Å²) in [6.07, 6.45) is -0.982. The molecule has 0 aliphatic rings. The molecule has 94 valence electrons. The van der Waals surface area contributed by atoms with Crippen LogP contribution >= 0.6 is 0 Å². The largest absolute Gasteiger partial charge is 0.466 e. The SMILES string of the molecule is C=C(COC(C)=O)C(F)(F)C(O)c1ccco1. The first-order chi connectivity index (χ1) is 7.85. The Labute approximate surface area is 96.5 Å². The fourth-order valence-corrected chi connectivity index (χ4v) is 1.10. The zero-order chi connectivity index (χ0) is 13.1. The van der Waals surface area contributed by atoms with E-state index in [1.165, 1.54) is 18.4 Å². The minimum Gasteiger partial charge on any atom is -0.466 e. The Morgan fingerprint density at radius 3 is 2.82 bits per heavy atom. The molecule has 6 heteroatoms. The monoisotopic (exact) mass is 246 g/mol. The maximum atomic E-state index is 13.6. The van der Waals surface area contributed by atoms with E-state index in [1.807, 2.05) is 0 Å². The van der Waals surface area contributed by atoms with E-state index in [4.69, 9.17) is 0 Å². The van der Waals surface area contributed by atoms with Gasteiger partial charge in [0.25, 0.3) is 0 Å². The van der Waals surface area contributed by atoms with Crippen molar-refractivity contribution in [2.75, 3.05) is 6.61 Å². The minimum absolute atomic E-state index is 0.279. The lowest BCUT2D eigenvalue weighted by Crippen LogP contribution is -2.30. The van der Waals surface area contributed by atoms with Gasteiger partial charge in [-0.1, -0.05) is 6.58 Å². The number of ether oxygens (including phenoxy) is 1. The number of carbonyl (C=O) groups is 1. The highest BCUT2D eigenvalue weighted by atomic mass is 19.3. The van der Waals surface area contributed by atoms with E-state index >= 15 is 0 Å². The van der Waals surface area contributed by atoms with Gasteiger partial charge in [0.1, 0.15) is 12.4 Å². The molecule has 1 aromatic heterocycles. The molecule has 1 N–H and O–H groups in total. The van der Waals surface area contributed by atoms with Crippen molar-refractivity contribution in [2.45, 2.75) is 19.0 Å². The molecule has 0 radical (unpaired) electrons. The summed E-state index contributed by atoms with van der Waals surface area (Å²) in [7, 11) is 0. The van der Waals surface area contributed by atoms with Crippen LogP contribution in [0.15, 0.2) is 35.0 Å². The molecule has 4 nitrogen and oxygen atoms in total. The summed E-state index contributed by atoms with van der Waals surface area (Å²) in [6.45, 7) is 3.54. The molecule has 0 amide bonds. The number of alkyl halides is 2. The highest BCUT2D eigenvalue weighted by Crippen LogP contribution is 2.36. The van der Waals surface area contributed by atoms with Crippen LogP contribution < -0.4 is 0 Å². The Bertz CT molecular complexity index is 398. The van der Waals surface area contributed by atoms with Gasteiger partial charge < -0.3 is 14.3 Å². The summed E-state index contributed by atoms with van der Waals surface area (Å²) in [4.78, 5) is 10.5. The molecule has 0 saturated heterocycles. The van der Waals surface area contributed by atoms with Gasteiger partial charge in [0, 0.05) is 12.5 Å². The smallest absolute Gasteiger partial charge is 0.304 e. The van der Waals surface area contributed by atoms with E-state index in [0.29, 0.717) is 0 Å². The molecular formula is C11H12F2O4. The molecule has 0 bridgehead atoms. The summed E-state index contributed by atoms with van der Waals surface area (Å²) in [5, 5.41) is 9.43. The number of aliphatic hydroxyl groups excluding tert-OH is 1. The maximum Gasteiger partial charge on any atom is 0.304 e. The van der Waals surface area contributed by atoms with Gasteiger partial charge in [-0.3, -0.25) is 4.79 Å². The Morgan fingerprint density at radius 1 is 1.71 bits per heavy atom. The van der Waals surface area contributed by atoms with Gasteiger partial charge in [-0.25, -0.2) is 0 Å². The van der Waals surface area contributed by atoms with Crippen molar-refractivity contribution >= 4 is 5.97 Å². The fraction of sp³-hybridized carbons (Fsp3) is 0.364. The Balaban J connectivity index is 2.73. The van der Waals surface area contributed by atoms with Crippen molar-refractivity contribution in [3.63, 3.8) is 0 Å². The third-order valence-electron chi connectivity index (χ3n) is 2.08. The third-order valence-corrected chi connectivity index (χ3v) is 2.08. The predicted molar refractivity (Wildman–Crippen MR) is 54.4 cm³/mol. The van der Waals surface area contributed by atoms with Crippen LogP contribution in [0, 0.1) is 0 Å². The Hall–Kier alpha value is -1.69. The van der Waals surface area contributed by atoms with Crippen LogP contribution in [-0.2, 0) is 9.53 Å². The molecule has 1 heterocycles. The number of carbonyl (C=O) groups excluding carboxylic acids is 1. The van der Waals surface area contributed by atoms with Crippen molar-refractivity contribution in [3.05, 3.63) is 36.3 Å². The van der Waals surface area contributed by atoms with E-state index in [9.17, 15) is 18.7 Å². The molecule has 1 unspecified atom stereocenters. The third kappa shape index (κ3) is 3.13. The van der Waals surface area contributed by atoms with Gasteiger partial charge in [0.15, 0.2) is 6.10 Å². The van der Waals surface area contributed by atoms with Crippen molar-refractivity contribution in [2.24, 2.45) is 0 Å². The van der Waals surface area contributed by atoms with Gasteiger partial charge in [0.05, 0.1) is 6.26 Å². The fourth-order valence-electron chi connectivity index (χ4n) is 1.10. The summed E-state index contributed by atoms with van der Waals surface area (Å²) in [6, 6.07) is 2.60. The number of hydrogen-bond acceptors (Lipinski definition) is 4. The topological polar surface area (TPSA) is 59.7 Å². The molecule has 0 spiro atoms. The van der Waals surface area contributed by atoms with Gasteiger partial charge in [-0.05, 0) is 12.1 Å². The van der Waals surface area contributed by atoms with Crippen molar-refractivity contribution in [3.8, 4) is 0 Å². The molecule has 0 fully saturated rings. The normalized spacial score (nSPS) is 13.2. The van der Waals surface area contributed by atoms with Gasteiger partial charge in [0.2, 0.25) is 0 Å². The second kappa shape index (κ2) is 5.09. The molecule has 0 aliphatic carbocycles. The minimum atomic E-state index is -3.63. The molecule has 1 aromatic rings. The number of esters is 1. The zero-order valence-electron chi connectivity index (χ0n) is 9.15. The van der Waals surface area contributed by atoms with E-state index in [0.717, 1.165) is 6.92 Å². The average molecular weight is 246 g/mol. The second-order valence-corrected chi connectivity index (χ2v) is 3.42. The molecule has 0 aromatic carbocycles. The lowest BCUT2D eigenvalue weighted by Gasteiger charge is -2.22. The van der Waals surface area contributed by atoms with Crippen LogP contribution in [0.2, 0.25) is 0 Å². The number of hydrogen-bond donors (Lipinski definition) is 1. The zero-order valence-corrected chi connectivity index (χ0v) is 9.15. The molecular weight excluding hydrogens is 234 g/mol. The van der Waals surface area contributed by atoms with Crippen LogP contribution in [-0.4, -0.2) is 23.6 Å². The molecule has 0 saturated carbocycles. The first-order valence-corrected chi connectivity index (χ1v) is 4.76.